The summed E-state index contributed by atoms with van der Waals surface area (Å²) in [5.41, 5.74) is 3.70. The van der Waals surface area contributed by atoms with Gasteiger partial charge in [0, 0.05) is 5.56 Å². The Bertz CT molecular complexity index is 328. The number of rotatable bonds is 2. The minimum Gasteiger partial charge on any atom is -0.115 e. The molecule has 0 aliphatic rings. The maximum Gasteiger partial charge on any atom is 0.0245 e. The van der Waals surface area contributed by atoms with E-state index in [4.69, 9.17) is 6.42 Å². The van der Waals surface area contributed by atoms with E-state index in [-0.39, 0.29) is 0 Å². The van der Waals surface area contributed by atoms with Crippen LogP contribution in [0.3, 0.4) is 0 Å². The van der Waals surface area contributed by atoms with Crippen molar-refractivity contribution in [2.75, 3.05) is 0 Å². The van der Waals surface area contributed by atoms with Crippen molar-refractivity contribution < 1.29 is 0 Å². The highest BCUT2D eigenvalue weighted by Crippen LogP contribution is 2.22. The highest BCUT2D eigenvalue weighted by Gasteiger charge is 2.05. The zero-order valence-electron chi connectivity index (χ0n) is 8.59. The number of hydrogen-bond acceptors (Lipinski definition) is 0. The minimum absolute atomic E-state index is 0.631. The summed E-state index contributed by atoms with van der Waals surface area (Å²) in [5, 5.41) is 0. The van der Waals surface area contributed by atoms with Crippen molar-refractivity contribution in [1.29, 1.82) is 0 Å². The first-order valence-corrected chi connectivity index (χ1v) is 4.76. The van der Waals surface area contributed by atoms with Gasteiger partial charge in [-0.1, -0.05) is 25.8 Å². The summed E-state index contributed by atoms with van der Waals surface area (Å²) in [6.07, 6.45) is 6.50. The molecule has 0 spiro atoms. The quantitative estimate of drug-likeness (QED) is 0.599. The Kier molecular flexibility index (Phi) is 3.14. The zero-order valence-corrected chi connectivity index (χ0v) is 8.59. The second kappa shape index (κ2) is 4.14. The lowest BCUT2D eigenvalue weighted by atomic mass is 9.93. The predicted molar refractivity (Wildman–Crippen MR) is 57.8 cm³/mol. The Labute approximate surface area is 81.0 Å². The van der Waals surface area contributed by atoms with Crippen LogP contribution in [0.25, 0.3) is 0 Å². The Morgan fingerprint density at radius 2 is 2.15 bits per heavy atom. The summed E-state index contributed by atoms with van der Waals surface area (Å²) in [6, 6.07) is 6.26. The third kappa shape index (κ3) is 2.12. The molecule has 1 atom stereocenters. The normalized spacial score (nSPS) is 12.2. The van der Waals surface area contributed by atoms with Gasteiger partial charge in [0.2, 0.25) is 0 Å². The monoisotopic (exact) mass is 172 g/mol. The summed E-state index contributed by atoms with van der Waals surface area (Å²) in [4.78, 5) is 0. The molecule has 0 amide bonds. The highest BCUT2D eigenvalue weighted by atomic mass is 14.1. The van der Waals surface area contributed by atoms with Crippen molar-refractivity contribution in [2.24, 2.45) is 0 Å². The molecule has 13 heavy (non-hydrogen) atoms. The third-order valence-corrected chi connectivity index (χ3v) is 2.58. The van der Waals surface area contributed by atoms with Crippen molar-refractivity contribution in [3.63, 3.8) is 0 Å². The van der Waals surface area contributed by atoms with Crippen LogP contribution in [-0.4, -0.2) is 0 Å². The van der Waals surface area contributed by atoms with Gasteiger partial charge in [-0.2, -0.15) is 0 Å². The molecule has 0 heteroatoms. The average molecular weight is 172 g/mol. The Hall–Kier alpha value is -1.22. The van der Waals surface area contributed by atoms with Gasteiger partial charge in [-0.3, -0.25) is 0 Å². The van der Waals surface area contributed by atoms with Crippen molar-refractivity contribution in [3.05, 3.63) is 34.9 Å². The number of aryl methyl sites for hydroxylation is 1. The molecule has 0 bridgehead atoms. The smallest absolute Gasteiger partial charge is 0.0245 e. The van der Waals surface area contributed by atoms with E-state index < -0.39 is 0 Å². The van der Waals surface area contributed by atoms with Gasteiger partial charge in [0.05, 0.1) is 0 Å². The molecule has 0 aromatic heterocycles. The Morgan fingerprint density at radius 3 is 2.62 bits per heavy atom. The van der Waals surface area contributed by atoms with Gasteiger partial charge in [0.1, 0.15) is 0 Å². The summed E-state index contributed by atoms with van der Waals surface area (Å²) >= 11 is 0. The van der Waals surface area contributed by atoms with Gasteiger partial charge >= 0.3 is 0 Å². The van der Waals surface area contributed by atoms with Crippen LogP contribution < -0.4 is 0 Å². The van der Waals surface area contributed by atoms with E-state index in [1.807, 2.05) is 6.07 Å². The van der Waals surface area contributed by atoms with E-state index in [1.165, 1.54) is 17.5 Å². The van der Waals surface area contributed by atoms with E-state index in [9.17, 15) is 0 Å². The van der Waals surface area contributed by atoms with Gasteiger partial charge in [-0.05, 0) is 42.5 Å². The summed E-state index contributed by atoms with van der Waals surface area (Å²) in [7, 11) is 0. The first kappa shape index (κ1) is 9.86. The molecule has 68 valence electrons. The van der Waals surface area contributed by atoms with Gasteiger partial charge in [0.15, 0.2) is 0 Å². The largest absolute Gasteiger partial charge is 0.115 e. The van der Waals surface area contributed by atoms with Gasteiger partial charge < -0.3 is 0 Å². The summed E-state index contributed by atoms with van der Waals surface area (Å²) < 4.78 is 0. The molecule has 1 rings (SSSR count). The molecule has 0 N–H and O–H groups in total. The van der Waals surface area contributed by atoms with Crippen LogP contribution in [0.15, 0.2) is 18.2 Å². The molecule has 0 nitrogen and oxygen atoms in total. The van der Waals surface area contributed by atoms with E-state index in [2.05, 4.69) is 38.8 Å². The van der Waals surface area contributed by atoms with E-state index >= 15 is 0 Å². The maximum absolute atomic E-state index is 5.33. The van der Waals surface area contributed by atoms with Crippen LogP contribution in [0.2, 0.25) is 0 Å². The average Bonchev–Trinajstić information content (AvgIpc) is 2.16. The molecule has 0 aliphatic heterocycles. The topological polar surface area (TPSA) is 0 Å². The molecular weight excluding hydrogens is 156 g/mol. The molecular formula is C13H16. The molecule has 1 aromatic carbocycles. The minimum atomic E-state index is 0.631. The fourth-order valence-electron chi connectivity index (χ4n) is 1.54. The lowest BCUT2D eigenvalue weighted by Gasteiger charge is -2.12. The first-order valence-electron chi connectivity index (χ1n) is 4.76. The molecule has 0 fully saturated rings. The van der Waals surface area contributed by atoms with Crippen molar-refractivity contribution >= 4 is 0 Å². The first-order chi connectivity index (χ1) is 6.19. The fraction of sp³-hybridized carbons (Fsp3) is 0.385. The van der Waals surface area contributed by atoms with Crippen molar-refractivity contribution in [1.82, 2.24) is 0 Å². The molecule has 0 saturated carbocycles. The maximum atomic E-state index is 5.33. The summed E-state index contributed by atoms with van der Waals surface area (Å²) in [5.74, 6) is 3.28. The van der Waals surface area contributed by atoms with Gasteiger partial charge in [0.25, 0.3) is 0 Å². The van der Waals surface area contributed by atoms with Crippen LogP contribution in [0, 0.1) is 19.3 Å². The second-order valence-corrected chi connectivity index (χ2v) is 3.53. The van der Waals surface area contributed by atoms with Crippen LogP contribution in [0.5, 0.6) is 0 Å². The highest BCUT2D eigenvalue weighted by molar-refractivity contribution is 5.40. The standard InChI is InChI=1S/C13H16/c1-5-10(3)13-8-7-12(6-2)9-11(13)4/h2,7-10H,5H2,1,3-4H3. The molecule has 0 aliphatic carbocycles. The number of hydrogen-bond donors (Lipinski definition) is 0. The van der Waals surface area contributed by atoms with E-state index in [0.29, 0.717) is 5.92 Å². The lowest BCUT2D eigenvalue weighted by Crippen LogP contribution is -1.95. The third-order valence-electron chi connectivity index (χ3n) is 2.58. The zero-order chi connectivity index (χ0) is 9.84. The van der Waals surface area contributed by atoms with Crippen molar-refractivity contribution in [2.45, 2.75) is 33.1 Å². The van der Waals surface area contributed by atoms with Crippen LogP contribution in [-0.2, 0) is 0 Å². The Balaban J connectivity index is 3.07. The van der Waals surface area contributed by atoms with Crippen LogP contribution in [0.4, 0.5) is 0 Å². The molecule has 0 heterocycles. The predicted octanol–water partition coefficient (Wildman–Crippen LogP) is 3.49. The Morgan fingerprint density at radius 1 is 1.46 bits per heavy atom. The molecule has 1 aromatic rings. The molecule has 0 radical (unpaired) electrons. The number of benzene rings is 1. The SMILES string of the molecule is C#Cc1ccc(C(C)CC)c(C)c1. The van der Waals surface area contributed by atoms with E-state index in [0.717, 1.165) is 5.56 Å². The van der Waals surface area contributed by atoms with Gasteiger partial charge in [-0.15, -0.1) is 6.42 Å². The van der Waals surface area contributed by atoms with E-state index in [1.54, 1.807) is 0 Å². The molecule has 1 unspecified atom stereocenters. The molecule has 0 saturated heterocycles. The second-order valence-electron chi connectivity index (χ2n) is 3.53. The van der Waals surface area contributed by atoms with Crippen LogP contribution in [0.1, 0.15) is 42.9 Å². The van der Waals surface area contributed by atoms with Crippen molar-refractivity contribution in [3.8, 4) is 12.3 Å². The van der Waals surface area contributed by atoms with Crippen LogP contribution >= 0.6 is 0 Å². The van der Waals surface area contributed by atoms with Gasteiger partial charge in [-0.25, -0.2) is 0 Å². The summed E-state index contributed by atoms with van der Waals surface area (Å²) in [6.45, 7) is 6.58. The number of terminal acetylenes is 1. The lowest BCUT2D eigenvalue weighted by molar-refractivity contribution is 0.728. The fourth-order valence-corrected chi connectivity index (χ4v) is 1.54.